The molecule has 26 heavy (non-hydrogen) atoms. The number of hydrogen-bond donors (Lipinski definition) is 3. The van der Waals surface area contributed by atoms with Gasteiger partial charge in [-0.05, 0) is 19.1 Å². The molecular formula is C17H25N5O4. The maximum Gasteiger partial charge on any atom is 0.324 e. The molecule has 0 radical (unpaired) electrons. The third kappa shape index (κ3) is 5.27. The average molecular weight is 363 g/mol. The van der Waals surface area contributed by atoms with E-state index in [0.717, 1.165) is 0 Å². The fourth-order valence-electron chi connectivity index (χ4n) is 2.40. The van der Waals surface area contributed by atoms with Crippen LogP contribution in [0.4, 0.5) is 4.79 Å². The summed E-state index contributed by atoms with van der Waals surface area (Å²) >= 11 is 0. The molecule has 1 saturated heterocycles. The molecule has 1 unspecified atom stereocenters. The molecule has 142 valence electrons. The highest BCUT2D eigenvalue weighted by Crippen LogP contribution is 2.26. The second-order valence-corrected chi connectivity index (χ2v) is 5.66. The first kappa shape index (κ1) is 19.4. The normalized spacial score (nSPS) is 15.5. The molecule has 0 spiro atoms. The standard InChI is InChI=1S/C17H25N5O4/c1-12(26-14-7-5-4-6-13(14)25-3)10-20-16(18-2)19-8-9-22-15(23)11-21-17(22)24/h4-7,12H,8-11H2,1-3H3,(H,21,24)(H2,18,19,20). The zero-order chi connectivity index (χ0) is 18.9. The maximum atomic E-state index is 11.5. The molecule has 2 rings (SSSR count). The van der Waals surface area contributed by atoms with Gasteiger partial charge in [0.15, 0.2) is 17.5 Å². The first-order valence-electron chi connectivity index (χ1n) is 8.37. The van der Waals surface area contributed by atoms with Gasteiger partial charge < -0.3 is 25.4 Å². The zero-order valence-corrected chi connectivity index (χ0v) is 15.2. The third-order valence-corrected chi connectivity index (χ3v) is 3.74. The van der Waals surface area contributed by atoms with Crippen molar-refractivity contribution in [3.8, 4) is 11.5 Å². The van der Waals surface area contributed by atoms with Crippen LogP contribution in [0.5, 0.6) is 11.5 Å². The highest BCUT2D eigenvalue weighted by Gasteiger charge is 2.27. The van der Waals surface area contributed by atoms with Crippen molar-refractivity contribution < 1.29 is 19.1 Å². The summed E-state index contributed by atoms with van der Waals surface area (Å²) in [6, 6.07) is 7.09. The van der Waals surface area contributed by atoms with E-state index in [9.17, 15) is 9.59 Å². The lowest BCUT2D eigenvalue weighted by Crippen LogP contribution is -2.45. The highest BCUT2D eigenvalue weighted by molar-refractivity contribution is 6.01. The Kier molecular flexibility index (Phi) is 7.07. The van der Waals surface area contributed by atoms with E-state index < -0.39 is 0 Å². The minimum Gasteiger partial charge on any atom is -0.493 e. The summed E-state index contributed by atoms with van der Waals surface area (Å²) in [4.78, 5) is 28.3. The van der Waals surface area contributed by atoms with E-state index in [1.807, 2.05) is 31.2 Å². The maximum absolute atomic E-state index is 11.5. The molecule has 0 aromatic heterocycles. The molecule has 3 N–H and O–H groups in total. The Labute approximate surface area is 152 Å². The number of guanidine groups is 1. The van der Waals surface area contributed by atoms with Gasteiger partial charge in [0.1, 0.15) is 6.10 Å². The number of methoxy groups -OCH3 is 1. The number of amides is 3. The number of ether oxygens (including phenoxy) is 2. The van der Waals surface area contributed by atoms with Gasteiger partial charge in [-0.1, -0.05) is 12.1 Å². The molecule has 9 heteroatoms. The van der Waals surface area contributed by atoms with Crippen LogP contribution in [0.3, 0.4) is 0 Å². The van der Waals surface area contributed by atoms with Crippen LogP contribution >= 0.6 is 0 Å². The number of nitrogens with zero attached hydrogens (tertiary/aromatic N) is 2. The van der Waals surface area contributed by atoms with Gasteiger partial charge in [-0.3, -0.25) is 14.7 Å². The van der Waals surface area contributed by atoms with Crippen molar-refractivity contribution in [2.75, 3.05) is 40.3 Å². The molecule has 1 aromatic rings. The molecule has 1 heterocycles. The van der Waals surface area contributed by atoms with Gasteiger partial charge in [0.25, 0.3) is 0 Å². The molecule has 3 amide bonds. The van der Waals surface area contributed by atoms with E-state index in [0.29, 0.717) is 30.5 Å². The number of carbonyl (C=O) groups is 2. The van der Waals surface area contributed by atoms with Gasteiger partial charge in [0, 0.05) is 20.1 Å². The number of rotatable bonds is 8. The summed E-state index contributed by atoms with van der Waals surface area (Å²) in [5, 5.41) is 8.69. The van der Waals surface area contributed by atoms with Crippen LogP contribution in [0.2, 0.25) is 0 Å². The van der Waals surface area contributed by atoms with Gasteiger partial charge in [0.05, 0.1) is 20.2 Å². The van der Waals surface area contributed by atoms with Gasteiger partial charge >= 0.3 is 6.03 Å². The number of carbonyl (C=O) groups excluding carboxylic acids is 2. The Bertz CT molecular complexity index is 648. The first-order valence-corrected chi connectivity index (χ1v) is 8.37. The summed E-state index contributed by atoms with van der Waals surface area (Å²) in [5.41, 5.74) is 0. The number of aliphatic imine (C=N–C) groups is 1. The fraction of sp³-hybridized carbons (Fsp3) is 0.471. The van der Waals surface area contributed by atoms with Crippen molar-refractivity contribution in [3.63, 3.8) is 0 Å². The Morgan fingerprint density at radius 2 is 2.04 bits per heavy atom. The topological polar surface area (TPSA) is 104 Å². The molecule has 1 fully saturated rings. The highest BCUT2D eigenvalue weighted by atomic mass is 16.5. The Hall–Kier alpha value is -2.97. The number of para-hydroxylation sites is 2. The summed E-state index contributed by atoms with van der Waals surface area (Å²) in [7, 11) is 3.25. The van der Waals surface area contributed by atoms with Crippen molar-refractivity contribution in [3.05, 3.63) is 24.3 Å². The van der Waals surface area contributed by atoms with Crippen molar-refractivity contribution in [2.45, 2.75) is 13.0 Å². The number of benzene rings is 1. The van der Waals surface area contributed by atoms with E-state index >= 15 is 0 Å². The second kappa shape index (κ2) is 9.50. The van der Waals surface area contributed by atoms with E-state index in [-0.39, 0.29) is 31.1 Å². The summed E-state index contributed by atoms with van der Waals surface area (Å²) < 4.78 is 11.1. The Morgan fingerprint density at radius 3 is 2.65 bits per heavy atom. The predicted octanol–water partition coefficient (Wildman–Crippen LogP) is 0.179. The lowest BCUT2D eigenvalue weighted by atomic mass is 10.3. The quantitative estimate of drug-likeness (QED) is 0.346. The van der Waals surface area contributed by atoms with Crippen LogP contribution in [0, 0.1) is 0 Å². The van der Waals surface area contributed by atoms with Crippen molar-refractivity contribution in [1.29, 1.82) is 0 Å². The van der Waals surface area contributed by atoms with E-state index in [4.69, 9.17) is 9.47 Å². The molecule has 1 aliphatic rings. The van der Waals surface area contributed by atoms with Crippen LogP contribution in [-0.2, 0) is 4.79 Å². The minimum absolute atomic E-state index is 0.0591. The van der Waals surface area contributed by atoms with Crippen LogP contribution in [0.15, 0.2) is 29.3 Å². The van der Waals surface area contributed by atoms with E-state index in [1.165, 1.54) is 4.90 Å². The van der Waals surface area contributed by atoms with E-state index in [1.54, 1.807) is 14.2 Å². The molecule has 1 aromatic carbocycles. The molecule has 0 aliphatic carbocycles. The molecule has 1 aliphatic heterocycles. The molecule has 9 nitrogen and oxygen atoms in total. The molecule has 0 bridgehead atoms. The summed E-state index contributed by atoms with van der Waals surface area (Å²) in [6.07, 6.45) is -0.129. The predicted molar refractivity (Wildman–Crippen MR) is 97.6 cm³/mol. The summed E-state index contributed by atoms with van der Waals surface area (Å²) in [6.45, 7) is 3.18. The molecule has 0 saturated carbocycles. The number of imide groups is 1. The van der Waals surface area contributed by atoms with Crippen LogP contribution in [0.1, 0.15) is 6.92 Å². The number of hydrogen-bond acceptors (Lipinski definition) is 5. The minimum atomic E-state index is -0.362. The van der Waals surface area contributed by atoms with E-state index in [2.05, 4.69) is 20.9 Å². The van der Waals surface area contributed by atoms with Crippen molar-refractivity contribution >= 4 is 17.9 Å². The number of nitrogens with one attached hydrogen (secondary N) is 3. The lowest BCUT2D eigenvalue weighted by molar-refractivity contribution is -0.124. The lowest BCUT2D eigenvalue weighted by Gasteiger charge is -2.19. The number of urea groups is 1. The largest absolute Gasteiger partial charge is 0.493 e. The zero-order valence-electron chi connectivity index (χ0n) is 15.2. The van der Waals surface area contributed by atoms with Crippen LogP contribution in [-0.4, -0.2) is 69.2 Å². The SMILES string of the molecule is CN=C(NCCN1C(=O)CNC1=O)NCC(C)Oc1ccccc1OC. The fourth-order valence-corrected chi connectivity index (χ4v) is 2.40. The smallest absolute Gasteiger partial charge is 0.324 e. The van der Waals surface area contributed by atoms with Gasteiger partial charge in [0.2, 0.25) is 5.91 Å². The third-order valence-electron chi connectivity index (χ3n) is 3.74. The second-order valence-electron chi connectivity index (χ2n) is 5.66. The first-order chi connectivity index (χ1) is 12.5. The Morgan fingerprint density at radius 1 is 1.31 bits per heavy atom. The van der Waals surface area contributed by atoms with Crippen LogP contribution in [0.25, 0.3) is 0 Å². The summed E-state index contributed by atoms with van der Waals surface area (Å²) in [5.74, 6) is 1.69. The van der Waals surface area contributed by atoms with Crippen molar-refractivity contribution in [1.82, 2.24) is 20.9 Å². The van der Waals surface area contributed by atoms with Gasteiger partial charge in [-0.2, -0.15) is 0 Å². The van der Waals surface area contributed by atoms with Gasteiger partial charge in [-0.25, -0.2) is 4.79 Å². The Balaban J connectivity index is 1.74. The monoisotopic (exact) mass is 363 g/mol. The van der Waals surface area contributed by atoms with Gasteiger partial charge in [-0.15, -0.1) is 0 Å². The average Bonchev–Trinajstić information content (AvgIpc) is 2.96. The molecule has 1 atom stereocenters. The molecular weight excluding hydrogens is 338 g/mol. The van der Waals surface area contributed by atoms with Crippen LogP contribution < -0.4 is 25.4 Å². The van der Waals surface area contributed by atoms with Crippen molar-refractivity contribution in [2.24, 2.45) is 4.99 Å².